The second-order valence-electron chi connectivity index (χ2n) is 11.3. The molecule has 1 saturated heterocycles. The van der Waals surface area contributed by atoms with Crippen LogP contribution < -0.4 is 4.74 Å². The van der Waals surface area contributed by atoms with E-state index in [0.29, 0.717) is 12.0 Å². The lowest BCUT2D eigenvalue weighted by atomic mass is 9.85. The number of hydrogen-bond acceptors (Lipinski definition) is 8. The summed E-state index contributed by atoms with van der Waals surface area (Å²) in [6.07, 6.45) is 2.80. The molecule has 0 radical (unpaired) electrons. The summed E-state index contributed by atoms with van der Waals surface area (Å²) in [6.45, 7) is 7.13. The number of carboxylic acid groups (broad SMARTS) is 3. The molecule has 1 unspecified atom stereocenters. The van der Waals surface area contributed by atoms with Crippen molar-refractivity contribution in [1.82, 2.24) is 9.88 Å². The molecule has 11 heteroatoms. The van der Waals surface area contributed by atoms with Gasteiger partial charge in [0.15, 0.2) is 5.60 Å². The van der Waals surface area contributed by atoms with E-state index in [1.165, 1.54) is 11.1 Å². The highest BCUT2D eigenvalue weighted by Crippen LogP contribution is 2.50. The van der Waals surface area contributed by atoms with E-state index in [9.17, 15) is 19.5 Å². The van der Waals surface area contributed by atoms with Gasteiger partial charge < -0.3 is 30.3 Å². The predicted octanol–water partition coefficient (Wildman–Crippen LogP) is 2.19. The maximum atomic E-state index is 11.5. The lowest BCUT2D eigenvalue weighted by molar-refractivity contribution is -0.170. The minimum Gasteiger partial charge on any atom is -0.490 e. The second kappa shape index (κ2) is 11.5. The van der Waals surface area contributed by atoms with Crippen molar-refractivity contribution in [2.45, 2.75) is 69.8 Å². The van der Waals surface area contributed by atoms with Crippen molar-refractivity contribution in [3.8, 4) is 5.75 Å². The number of ether oxygens (including phenoxy) is 1. The topological polar surface area (TPSA) is 178 Å². The van der Waals surface area contributed by atoms with Gasteiger partial charge in [0.1, 0.15) is 17.5 Å². The van der Waals surface area contributed by atoms with Crippen LogP contribution in [0.1, 0.15) is 55.0 Å². The molecule has 0 amide bonds. The van der Waals surface area contributed by atoms with E-state index >= 15 is 0 Å². The van der Waals surface area contributed by atoms with Gasteiger partial charge >= 0.3 is 17.9 Å². The average molecular weight is 557 g/mol. The molecule has 1 aromatic carbocycles. The SMILES string of the molecule is Cc1ccc([C@@]2(O)CC[C@@H]3CN(Cc4ccc5c(c4)CC(C)O5)C[C@@H]32)nc1.O=C(O)CC(O)(CC(=O)O)C(=O)O. The number of aromatic nitrogens is 1. The van der Waals surface area contributed by atoms with Gasteiger partial charge in [-0.25, -0.2) is 4.79 Å². The fourth-order valence-corrected chi connectivity index (χ4v) is 6.10. The molecule has 2 fully saturated rings. The summed E-state index contributed by atoms with van der Waals surface area (Å²) in [4.78, 5) is 37.6. The van der Waals surface area contributed by atoms with E-state index in [1.54, 1.807) is 0 Å². The maximum Gasteiger partial charge on any atom is 0.336 e. The van der Waals surface area contributed by atoms with Crippen molar-refractivity contribution < 1.29 is 44.7 Å². The van der Waals surface area contributed by atoms with Crippen molar-refractivity contribution >= 4 is 17.9 Å². The Bertz CT molecular complexity index is 1250. The molecular weight excluding hydrogens is 520 g/mol. The van der Waals surface area contributed by atoms with E-state index in [2.05, 4.69) is 41.1 Å². The first-order valence-corrected chi connectivity index (χ1v) is 13.3. The monoisotopic (exact) mass is 556 g/mol. The molecule has 5 N–H and O–H groups in total. The number of aliphatic carboxylic acids is 3. The zero-order chi connectivity index (χ0) is 29.2. The second-order valence-corrected chi connectivity index (χ2v) is 11.3. The Kier molecular flexibility index (Phi) is 8.48. The molecule has 3 heterocycles. The molecule has 3 aliphatic rings. The van der Waals surface area contributed by atoms with Gasteiger partial charge in [-0.1, -0.05) is 18.2 Å². The molecule has 0 bridgehead atoms. The quantitative estimate of drug-likeness (QED) is 0.322. The lowest BCUT2D eigenvalue weighted by Crippen LogP contribution is -2.42. The van der Waals surface area contributed by atoms with Crippen LogP contribution in [0.3, 0.4) is 0 Å². The molecule has 1 aromatic heterocycles. The molecular formula is C29H36N2O9. The molecule has 0 spiro atoms. The summed E-state index contributed by atoms with van der Waals surface area (Å²) < 4.78 is 5.82. The Labute approximate surface area is 232 Å². The number of likely N-dealkylation sites (tertiary alicyclic amines) is 1. The number of carboxylic acids is 3. The van der Waals surface area contributed by atoms with Gasteiger partial charge in [-0.15, -0.1) is 0 Å². The predicted molar refractivity (Wildman–Crippen MR) is 142 cm³/mol. The molecule has 5 rings (SSSR count). The third-order valence-corrected chi connectivity index (χ3v) is 8.03. The van der Waals surface area contributed by atoms with Gasteiger partial charge in [0.05, 0.1) is 18.5 Å². The van der Waals surface area contributed by atoms with Crippen LogP contribution in [-0.4, -0.2) is 78.1 Å². The highest BCUT2D eigenvalue weighted by atomic mass is 16.5. The molecule has 216 valence electrons. The molecule has 40 heavy (non-hydrogen) atoms. The number of fused-ring (bicyclic) bond motifs is 2. The molecule has 1 aliphatic carbocycles. The van der Waals surface area contributed by atoms with Gasteiger partial charge in [0.25, 0.3) is 0 Å². The Balaban J connectivity index is 0.000000243. The van der Waals surface area contributed by atoms with Gasteiger partial charge in [-0.2, -0.15) is 0 Å². The van der Waals surface area contributed by atoms with Crippen molar-refractivity contribution in [2.75, 3.05) is 13.1 Å². The van der Waals surface area contributed by atoms with Crippen LogP contribution in [0.2, 0.25) is 0 Å². The van der Waals surface area contributed by atoms with Crippen LogP contribution >= 0.6 is 0 Å². The number of benzene rings is 1. The molecule has 1 saturated carbocycles. The first-order valence-electron chi connectivity index (χ1n) is 13.3. The highest BCUT2D eigenvalue weighted by molar-refractivity contribution is 5.88. The summed E-state index contributed by atoms with van der Waals surface area (Å²) in [5.41, 5.74) is 1.17. The van der Waals surface area contributed by atoms with Crippen LogP contribution in [0, 0.1) is 18.8 Å². The standard InChI is InChI=1S/C23H28N2O2.C6H8O7/c1-15-3-6-22(24-11-15)23(26)8-7-18-13-25(14-20(18)23)12-17-4-5-21-19(10-17)9-16(2)27-21;7-3(8)1-6(13,5(11)12)2-4(9)10/h3-6,10-11,16,18,20,26H,7-9,12-14H2,1-2H3;13H,1-2H2,(H,7,8)(H,9,10)(H,11,12)/t16?,18-,20+,23-;/m1./s1. The zero-order valence-electron chi connectivity index (χ0n) is 22.6. The zero-order valence-corrected chi connectivity index (χ0v) is 22.6. The summed E-state index contributed by atoms with van der Waals surface area (Å²) in [5.74, 6) is -3.12. The minimum absolute atomic E-state index is 0.283. The number of aliphatic hydroxyl groups is 2. The number of carbonyl (C=O) groups is 3. The van der Waals surface area contributed by atoms with Crippen molar-refractivity contribution in [3.05, 3.63) is 58.9 Å². The smallest absolute Gasteiger partial charge is 0.336 e. The number of pyridine rings is 1. The Morgan fingerprint density at radius 2 is 1.80 bits per heavy atom. The summed E-state index contributed by atoms with van der Waals surface area (Å²) in [5, 5.41) is 45.3. The van der Waals surface area contributed by atoms with Gasteiger partial charge in [0, 0.05) is 38.2 Å². The lowest BCUT2D eigenvalue weighted by Gasteiger charge is -2.30. The number of hydrogen-bond donors (Lipinski definition) is 5. The van der Waals surface area contributed by atoms with E-state index < -0.39 is 42.0 Å². The Hall–Kier alpha value is -3.54. The van der Waals surface area contributed by atoms with E-state index in [0.717, 1.165) is 55.9 Å². The number of rotatable bonds is 8. The van der Waals surface area contributed by atoms with E-state index in [-0.39, 0.29) is 5.92 Å². The van der Waals surface area contributed by atoms with Crippen LogP contribution in [-0.2, 0) is 33.0 Å². The fraction of sp³-hybridized carbons (Fsp3) is 0.517. The third-order valence-electron chi connectivity index (χ3n) is 8.03. The van der Waals surface area contributed by atoms with Crippen LogP contribution in [0.25, 0.3) is 0 Å². The Morgan fingerprint density at radius 3 is 2.40 bits per heavy atom. The molecule has 2 aromatic rings. The van der Waals surface area contributed by atoms with E-state index in [4.69, 9.17) is 25.2 Å². The Morgan fingerprint density at radius 1 is 1.10 bits per heavy atom. The number of aryl methyl sites for hydroxylation is 1. The summed E-state index contributed by atoms with van der Waals surface area (Å²) in [6, 6.07) is 10.7. The van der Waals surface area contributed by atoms with Crippen LogP contribution in [0.4, 0.5) is 0 Å². The third kappa shape index (κ3) is 6.43. The average Bonchev–Trinajstić information content (AvgIpc) is 3.52. The van der Waals surface area contributed by atoms with Gasteiger partial charge in [-0.3, -0.25) is 19.5 Å². The van der Waals surface area contributed by atoms with Crippen LogP contribution in [0.5, 0.6) is 5.75 Å². The molecule has 4 atom stereocenters. The molecule has 2 aliphatic heterocycles. The summed E-state index contributed by atoms with van der Waals surface area (Å²) in [7, 11) is 0. The van der Waals surface area contributed by atoms with Crippen molar-refractivity contribution in [3.63, 3.8) is 0 Å². The fourth-order valence-electron chi connectivity index (χ4n) is 6.10. The van der Waals surface area contributed by atoms with Crippen molar-refractivity contribution in [2.24, 2.45) is 11.8 Å². The number of nitrogens with zero attached hydrogens (tertiary/aromatic N) is 2. The maximum absolute atomic E-state index is 11.5. The minimum atomic E-state index is -2.74. The first kappa shape index (κ1) is 29.4. The van der Waals surface area contributed by atoms with Gasteiger partial charge in [0.2, 0.25) is 0 Å². The largest absolute Gasteiger partial charge is 0.490 e. The molecule has 11 nitrogen and oxygen atoms in total. The van der Waals surface area contributed by atoms with Crippen molar-refractivity contribution in [1.29, 1.82) is 0 Å². The first-order chi connectivity index (χ1) is 18.8. The highest BCUT2D eigenvalue weighted by Gasteiger charge is 2.53. The van der Waals surface area contributed by atoms with E-state index in [1.807, 2.05) is 19.2 Å². The van der Waals surface area contributed by atoms with Crippen LogP contribution in [0.15, 0.2) is 36.5 Å². The van der Waals surface area contributed by atoms with Gasteiger partial charge in [-0.05, 0) is 61.4 Å². The summed E-state index contributed by atoms with van der Waals surface area (Å²) >= 11 is 0. The normalized spacial score (nSPS) is 25.4.